The first-order valence-electron chi connectivity index (χ1n) is 7.66. The number of hydrogen-bond donors (Lipinski definition) is 3. The maximum Gasteiger partial charge on any atom is 0.328 e. The highest BCUT2D eigenvalue weighted by Crippen LogP contribution is 2.07. The standard InChI is InChI=1S/C17H24N2O5/c1-10(2)14(16(21)18-13(9-24-4)17(22)23)19-15(20)12-7-5-11(3)6-8-12/h5-8,10,13-14H,9H2,1-4H3,(H,18,21)(H,19,20)(H,22,23). The summed E-state index contributed by atoms with van der Waals surface area (Å²) in [4.78, 5) is 35.7. The van der Waals surface area contributed by atoms with Gasteiger partial charge in [-0.05, 0) is 25.0 Å². The predicted octanol–water partition coefficient (Wildman–Crippen LogP) is 0.965. The number of rotatable bonds is 8. The molecule has 0 heterocycles. The van der Waals surface area contributed by atoms with Crippen LogP contribution in [0.25, 0.3) is 0 Å². The number of nitrogens with one attached hydrogen (secondary N) is 2. The van der Waals surface area contributed by atoms with Gasteiger partial charge in [0.1, 0.15) is 6.04 Å². The van der Waals surface area contributed by atoms with Crippen molar-refractivity contribution in [1.29, 1.82) is 0 Å². The molecule has 0 bridgehead atoms. The molecular weight excluding hydrogens is 312 g/mol. The number of benzene rings is 1. The predicted molar refractivity (Wildman–Crippen MR) is 88.7 cm³/mol. The second kappa shape index (κ2) is 9.02. The molecule has 1 aromatic rings. The minimum absolute atomic E-state index is 0.155. The molecule has 1 rings (SSSR count). The summed E-state index contributed by atoms with van der Waals surface area (Å²) in [7, 11) is 1.35. The van der Waals surface area contributed by atoms with E-state index in [4.69, 9.17) is 9.84 Å². The summed E-state index contributed by atoms with van der Waals surface area (Å²) in [6.45, 7) is 5.29. The van der Waals surface area contributed by atoms with Gasteiger partial charge in [0.25, 0.3) is 5.91 Å². The topological polar surface area (TPSA) is 105 Å². The summed E-state index contributed by atoms with van der Waals surface area (Å²) < 4.78 is 4.79. The molecule has 0 radical (unpaired) electrons. The molecule has 0 saturated carbocycles. The monoisotopic (exact) mass is 336 g/mol. The summed E-state index contributed by atoms with van der Waals surface area (Å²) >= 11 is 0. The van der Waals surface area contributed by atoms with Gasteiger partial charge < -0.3 is 20.5 Å². The normalized spacial score (nSPS) is 13.2. The lowest BCUT2D eigenvalue weighted by Crippen LogP contribution is -2.54. The largest absolute Gasteiger partial charge is 0.480 e. The average Bonchev–Trinajstić information content (AvgIpc) is 2.52. The van der Waals surface area contributed by atoms with Gasteiger partial charge in [0.05, 0.1) is 6.61 Å². The number of aryl methyl sites for hydroxylation is 1. The lowest BCUT2D eigenvalue weighted by Gasteiger charge is -2.24. The highest BCUT2D eigenvalue weighted by molar-refractivity contribution is 5.98. The molecule has 3 N–H and O–H groups in total. The number of methoxy groups -OCH3 is 1. The fraction of sp³-hybridized carbons (Fsp3) is 0.471. The Labute approximate surface area is 141 Å². The summed E-state index contributed by atoms with van der Waals surface area (Å²) in [6.07, 6.45) is 0. The fourth-order valence-corrected chi connectivity index (χ4v) is 2.07. The van der Waals surface area contributed by atoms with Crippen LogP contribution in [0, 0.1) is 12.8 Å². The molecule has 7 heteroatoms. The lowest BCUT2D eigenvalue weighted by atomic mass is 10.0. The Hall–Kier alpha value is -2.41. The van der Waals surface area contributed by atoms with E-state index in [0.717, 1.165) is 5.56 Å². The molecule has 0 aliphatic rings. The Morgan fingerprint density at radius 2 is 1.71 bits per heavy atom. The molecule has 0 saturated heterocycles. The fourth-order valence-electron chi connectivity index (χ4n) is 2.07. The third-order valence-corrected chi connectivity index (χ3v) is 3.50. The second-order valence-corrected chi connectivity index (χ2v) is 5.92. The van der Waals surface area contributed by atoms with E-state index in [1.54, 1.807) is 38.1 Å². The number of carboxylic acids is 1. The first-order valence-corrected chi connectivity index (χ1v) is 7.66. The first kappa shape index (κ1) is 19.6. The van der Waals surface area contributed by atoms with E-state index < -0.39 is 24.0 Å². The van der Waals surface area contributed by atoms with Crippen molar-refractivity contribution >= 4 is 17.8 Å². The van der Waals surface area contributed by atoms with E-state index in [-0.39, 0.29) is 18.4 Å². The van der Waals surface area contributed by atoms with E-state index in [1.165, 1.54) is 7.11 Å². The molecule has 0 aliphatic carbocycles. The number of aliphatic carboxylic acids is 1. The molecule has 0 aliphatic heterocycles. The summed E-state index contributed by atoms with van der Waals surface area (Å²) in [5.74, 6) is -2.36. The van der Waals surface area contributed by atoms with Crippen LogP contribution in [0.15, 0.2) is 24.3 Å². The second-order valence-electron chi connectivity index (χ2n) is 5.92. The van der Waals surface area contributed by atoms with Crippen LogP contribution in [0.4, 0.5) is 0 Å². The Kier molecular flexibility index (Phi) is 7.38. The van der Waals surface area contributed by atoms with Gasteiger partial charge in [0, 0.05) is 12.7 Å². The lowest BCUT2D eigenvalue weighted by molar-refractivity contribution is -0.143. The zero-order chi connectivity index (χ0) is 18.3. The first-order chi connectivity index (χ1) is 11.3. The molecule has 1 aromatic carbocycles. The van der Waals surface area contributed by atoms with E-state index >= 15 is 0 Å². The van der Waals surface area contributed by atoms with Crippen LogP contribution in [0.2, 0.25) is 0 Å². The van der Waals surface area contributed by atoms with Gasteiger partial charge in [0.2, 0.25) is 5.91 Å². The number of carboxylic acid groups (broad SMARTS) is 1. The van der Waals surface area contributed by atoms with Gasteiger partial charge in [0.15, 0.2) is 6.04 Å². The molecule has 7 nitrogen and oxygen atoms in total. The molecule has 2 atom stereocenters. The minimum atomic E-state index is -1.20. The van der Waals surface area contributed by atoms with Gasteiger partial charge in [-0.1, -0.05) is 31.5 Å². The third kappa shape index (κ3) is 5.66. The molecule has 0 fully saturated rings. The average molecular weight is 336 g/mol. The molecule has 24 heavy (non-hydrogen) atoms. The highest BCUT2D eigenvalue weighted by atomic mass is 16.5. The highest BCUT2D eigenvalue weighted by Gasteiger charge is 2.28. The van der Waals surface area contributed by atoms with Gasteiger partial charge in [-0.3, -0.25) is 9.59 Å². The summed E-state index contributed by atoms with van der Waals surface area (Å²) in [5, 5.41) is 14.1. The van der Waals surface area contributed by atoms with Crippen molar-refractivity contribution in [3.05, 3.63) is 35.4 Å². The SMILES string of the molecule is COCC(NC(=O)C(NC(=O)c1ccc(C)cc1)C(C)C)C(=O)O. The van der Waals surface area contributed by atoms with Crippen LogP contribution >= 0.6 is 0 Å². The van der Waals surface area contributed by atoms with Gasteiger partial charge in [-0.15, -0.1) is 0 Å². The zero-order valence-corrected chi connectivity index (χ0v) is 14.3. The van der Waals surface area contributed by atoms with Crippen molar-refractivity contribution in [2.75, 3.05) is 13.7 Å². The van der Waals surface area contributed by atoms with Crippen LogP contribution in [-0.4, -0.2) is 48.7 Å². The van der Waals surface area contributed by atoms with Crippen molar-refractivity contribution in [1.82, 2.24) is 10.6 Å². The van der Waals surface area contributed by atoms with Crippen molar-refractivity contribution in [2.24, 2.45) is 5.92 Å². The molecular formula is C17H24N2O5. The number of amides is 2. The van der Waals surface area contributed by atoms with Crippen molar-refractivity contribution in [3.8, 4) is 0 Å². The van der Waals surface area contributed by atoms with Crippen molar-refractivity contribution < 1.29 is 24.2 Å². The van der Waals surface area contributed by atoms with E-state index in [0.29, 0.717) is 5.56 Å². The summed E-state index contributed by atoms with van der Waals surface area (Å²) in [5.41, 5.74) is 1.46. The molecule has 0 aromatic heterocycles. The van der Waals surface area contributed by atoms with Gasteiger partial charge >= 0.3 is 5.97 Å². The molecule has 2 amide bonds. The maximum atomic E-state index is 12.4. The summed E-state index contributed by atoms with van der Waals surface area (Å²) in [6, 6.07) is 4.93. The van der Waals surface area contributed by atoms with Crippen LogP contribution in [0.3, 0.4) is 0 Å². The Morgan fingerprint density at radius 1 is 1.12 bits per heavy atom. The molecule has 132 valence electrons. The van der Waals surface area contributed by atoms with Gasteiger partial charge in [-0.2, -0.15) is 0 Å². The third-order valence-electron chi connectivity index (χ3n) is 3.50. The number of carbonyl (C=O) groups excluding carboxylic acids is 2. The Balaban J connectivity index is 2.82. The molecule has 0 spiro atoms. The van der Waals surface area contributed by atoms with E-state index in [9.17, 15) is 14.4 Å². The van der Waals surface area contributed by atoms with E-state index in [2.05, 4.69) is 10.6 Å². The molecule has 2 unspecified atom stereocenters. The van der Waals surface area contributed by atoms with Crippen LogP contribution in [-0.2, 0) is 14.3 Å². The van der Waals surface area contributed by atoms with E-state index in [1.807, 2.05) is 6.92 Å². The van der Waals surface area contributed by atoms with Crippen molar-refractivity contribution in [2.45, 2.75) is 32.9 Å². The van der Waals surface area contributed by atoms with Crippen LogP contribution in [0.5, 0.6) is 0 Å². The quantitative estimate of drug-likeness (QED) is 0.656. The van der Waals surface area contributed by atoms with Crippen molar-refractivity contribution in [3.63, 3.8) is 0 Å². The minimum Gasteiger partial charge on any atom is -0.480 e. The zero-order valence-electron chi connectivity index (χ0n) is 14.3. The number of carbonyl (C=O) groups is 3. The van der Waals surface area contributed by atoms with Gasteiger partial charge in [-0.25, -0.2) is 4.79 Å². The van der Waals surface area contributed by atoms with Crippen LogP contribution in [0.1, 0.15) is 29.8 Å². The Morgan fingerprint density at radius 3 is 2.17 bits per heavy atom. The number of hydrogen-bond acceptors (Lipinski definition) is 4. The van der Waals surface area contributed by atoms with Crippen LogP contribution < -0.4 is 10.6 Å². The maximum absolute atomic E-state index is 12.4. The smallest absolute Gasteiger partial charge is 0.328 e. The Bertz CT molecular complexity index is 583. The number of ether oxygens (including phenoxy) is 1.